The maximum Gasteiger partial charge on any atom is 0.223 e. The maximum absolute atomic E-state index is 12.0. The molecule has 1 aliphatic heterocycles. The van der Waals surface area contributed by atoms with E-state index in [2.05, 4.69) is 32.0 Å². The Kier molecular flexibility index (Phi) is 3.71. The molecule has 1 heterocycles. The lowest BCUT2D eigenvalue weighted by molar-refractivity contribution is -0.138. The predicted octanol–water partition coefficient (Wildman–Crippen LogP) is 1.88. The van der Waals surface area contributed by atoms with Crippen LogP contribution >= 0.6 is 0 Å². The van der Waals surface area contributed by atoms with Crippen molar-refractivity contribution in [2.45, 2.75) is 38.6 Å². The lowest BCUT2D eigenvalue weighted by Gasteiger charge is -2.47. The van der Waals surface area contributed by atoms with Crippen LogP contribution in [0.25, 0.3) is 0 Å². The van der Waals surface area contributed by atoms with E-state index in [4.69, 9.17) is 5.73 Å². The second-order valence-electron chi connectivity index (χ2n) is 5.45. The summed E-state index contributed by atoms with van der Waals surface area (Å²) in [5.41, 5.74) is 8.42. The minimum atomic E-state index is -0.126. The summed E-state index contributed by atoms with van der Waals surface area (Å²) in [4.78, 5) is 13.8. The standard InChI is InChI=1S/C15H22N2O/c1-3-15(16)10-17(11-15)14(18)8-7-13-6-4-5-12(2)9-13/h4-6,9H,3,7-8,10-11,16H2,1-2H3. The molecule has 0 aliphatic carbocycles. The smallest absolute Gasteiger partial charge is 0.223 e. The Morgan fingerprint density at radius 1 is 1.44 bits per heavy atom. The van der Waals surface area contributed by atoms with Gasteiger partial charge in [0.15, 0.2) is 0 Å². The molecular weight excluding hydrogens is 224 g/mol. The van der Waals surface area contributed by atoms with Gasteiger partial charge in [-0.2, -0.15) is 0 Å². The number of hydrogen-bond acceptors (Lipinski definition) is 2. The fourth-order valence-corrected chi connectivity index (χ4v) is 2.39. The van der Waals surface area contributed by atoms with Crippen molar-refractivity contribution in [1.82, 2.24) is 4.90 Å². The molecule has 2 N–H and O–H groups in total. The Hall–Kier alpha value is -1.35. The highest BCUT2D eigenvalue weighted by Gasteiger charge is 2.39. The Balaban J connectivity index is 1.80. The highest BCUT2D eigenvalue weighted by Crippen LogP contribution is 2.22. The highest BCUT2D eigenvalue weighted by atomic mass is 16.2. The summed E-state index contributed by atoms with van der Waals surface area (Å²) in [6.45, 7) is 5.59. The summed E-state index contributed by atoms with van der Waals surface area (Å²) in [5.74, 6) is 0.228. The van der Waals surface area contributed by atoms with Gasteiger partial charge in [0, 0.05) is 19.5 Å². The quantitative estimate of drug-likeness (QED) is 0.881. The third kappa shape index (κ3) is 2.91. The third-order valence-corrected chi connectivity index (χ3v) is 3.78. The second-order valence-corrected chi connectivity index (χ2v) is 5.45. The molecule has 2 rings (SSSR count). The molecule has 0 radical (unpaired) electrons. The van der Waals surface area contributed by atoms with Crippen LogP contribution in [0.5, 0.6) is 0 Å². The zero-order valence-corrected chi connectivity index (χ0v) is 11.3. The molecule has 1 aliphatic rings. The molecule has 0 unspecified atom stereocenters. The number of carbonyl (C=O) groups excluding carboxylic acids is 1. The fraction of sp³-hybridized carbons (Fsp3) is 0.533. The highest BCUT2D eigenvalue weighted by molar-refractivity contribution is 5.77. The Morgan fingerprint density at radius 3 is 2.78 bits per heavy atom. The number of carbonyl (C=O) groups is 1. The van der Waals surface area contributed by atoms with E-state index in [0.717, 1.165) is 25.9 Å². The molecule has 0 atom stereocenters. The third-order valence-electron chi connectivity index (χ3n) is 3.78. The summed E-state index contributed by atoms with van der Waals surface area (Å²) < 4.78 is 0. The molecule has 18 heavy (non-hydrogen) atoms. The number of nitrogens with two attached hydrogens (primary N) is 1. The monoisotopic (exact) mass is 246 g/mol. The van der Waals surface area contributed by atoms with Crippen molar-refractivity contribution in [1.29, 1.82) is 0 Å². The van der Waals surface area contributed by atoms with Gasteiger partial charge in [-0.05, 0) is 25.3 Å². The summed E-state index contributed by atoms with van der Waals surface area (Å²) in [6.07, 6.45) is 2.35. The van der Waals surface area contributed by atoms with Crippen molar-refractivity contribution >= 4 is 5.91 Å². The zero-order chi connectivity index (χ0) is 13.2. The van der Waals surface area contributed by atoms with E-state index >= 15 is 0 Å². The molecule has 0 spiro atoms. The predicted molar refractivity (Wildman–Crippen MR) is 73.3 cm³/mol. The molecule has 1 aromatic rings. The SMILES string of the molecule is CCC1(N)CN(C(=O)CCc2cccc(C)c2)C1. The van der Waals surface area contributed by atoms with E-state index in [1.54, 1.807) is 0 Å². The van der Waals surface area contributed by atoms with Gasteiger partial charge in [0.05, 0.1) is 5.54 Å². The van der Waals surface area contributed by atoms with Crippen LogP contribution in [-0.2, 0) is 11.2 Å². The molecule has 3 heteroatoms. The molecule has 1 amide bonds. The average molecular weight is 246 g/mol. The number of aryl methyl sites for hydroxylation is 2. The first kappa shape index (κ1) is 13.1. The zero-order valence-electron chi connectivity index (χ0n) is 11.3. The van der Waals surface area contributed by atoms with Gasteiger partial charge in [0.1, 0.15) is 0 Å². The van der Waals surface area contributed by atoms with Crippen molar-refractivity contribution in [2.24, 2.45) is 5.73 Å². The number of nitrogens with zero attached hydrogens (tertiary/aromatic N) is 1. The normalized spacial score (nSPS) is 17.4. The molecule has 0 bridgehead atoms. The average Bonchev–Trinajstić information content (AvgIpc) is 2.32. The van der Waals surface area contributed by atoms with E-state index < -0.39 is 0 Å². The van der Waals surface area contributed by atoms with E-state index in [1.807, 2.05) is 11.0 Å². The molecule has 0 aromatic heterocycles. The lowest BCUT2D eigenvalue weighted by atomic mass is 9.88. The van der Waals surface area contributed by atoms with Crippen LogP contribution in [0.2, 0.25) is 0 Å². The Labute approximate surface area is 109 Å². The van der Waals surface area contributed by atoms with Crippen molar-refractivity contribution in [2.75, 3.05) is 13.1 Å². The number of likely N-dealkylation sites (tertiary alicyclic amines) is 1. The van der Waals surface area contributed by atoms with Gasteiger partial charge < -0.3 is 10.6 Å². The van der Waals surface area contributed by atoms with Crippen LogP contribution in [0.15, 0.2) is 24.3 Å². The summed E-state index contributed by atoms with van der Waals surface area (Å²) in [7, 11) is 0. The van der Waals surface area contributed by atoms with E-state index in [-0.39, 0.29) is 11.4 Å². The molecule has 1 fully saturated rings. The van der Waals surface area contributed by atoms with Gasteiger partial charge in [0.25, 0.3) is 0 Å². The largest absolute Gasteiger partial charge is 0.339 e. The first-order valence-corrected chi connectivity index (χ1v) is 6.65. The van der Waals surface area contributed by atoms with Crippen molar-refractivity contribution < 1.29 is 4.79 Å². The van der Waals surface area contributed by atoms with Crippen molar-refractivity contribution in [3.05, 3.63) is 35.4 Å². The number of amides is 1. The van der Waals surface area contributed by atoms with Gasteiger partial charge in [-0.25, -0.2) is 0 Å². The summed E-state index contributed by atoms with van der Waals surface area (Å²) in [5, 5.41) is 0. The molecular formula is C15H22N2O. The van der Waals surface area contributed by atoms with Crippen LogP contribution in [-0.4, -0.2) is 29.4 Å². The first-order valence-electron chi connectivity index (χ1n) is 6.65. The van der Waals surface area contributed by atoms with Crippen LogP contribution in [0, 0.1) is 6.92 Å². The number of hydrogen-bond donors (Lipinski definition) is 1. The van der Waals surface area contributed by atoms with Crippen molar-refractivity contribution in [3.63, 3.8) is 0 Å². The molecule has 98 valence electrons. The molecule has 0 saturated carbocycles. The van der Waals surface area contributed by atoms with Crippen molar-refractivity contribution in [3.8, 4) is 0 Å². The minimum absolute atomic E-state index is 0.126. The summed E-state index contributed by atoms with van der Waals surface area (Å²) >= 11 is 0. The minimum Gasteiger partial charge on any atom is -0.339 e. The van der Waals surface area contributed by atoms with Gasteiger partial charge in [0.2, 0.25) is 5.91 Å². The van der Waals surface area contributed by atoms with Gasteiger partial charge in [-0.15, -0.1) is 0 Å². The fourth-order valence-electron chi connectivity index (χ4n) is 2.39. The van der Waals surface area contributed by atoms with Gasteiger partial charge in [-0.1, -0.05) is 36.8 Å². The summed E-state index contributed by atoms with van der Waals surface area (Å²) in [6, 6.07) is 8.34. The van der Waals surface area contributed by atoms with Gasteiger partial charge >= 0.3 is 0 Å². The van der Waals surface area contributed by atoms with Crippen LogP contribution in [0.1, 0.15) is 30.9 Å². The van der Waals surface area contributed by atoms with Crippen LogP contribution < -0.4 is 5.73 Å². The number of benzene rings is 1. The van der Waals surface area contributed by atoms with Crippen LogP contribution in [0.4, 0.5) is 0 Å². The Bertz CT molecular complexity index is 436. The van der Waals surface area contributed by atoms with E-state index in [9.17, 15) is 4.79 Å². The molecule has 3 nitrogen and oxygen atoms in total. The number of rotatable bonds is 4. The van der Waals surface area contributed by atoms with E-state index in [0.29, 0.717) is 6.42 Å². The topological polar surface area (TPSA) is 46.3 Å². The second kappa shape index (κ2) is 5.11. The lowest BCUT2D eigenvalue weighted by Crippen LogP contribution is -2.68. The Morgan fingerprint density at radius 2 is 2.17 bits per heavy atom. The van der Waals surface area contributed by atoms with Gasteiger partial charge in [-0.3, -0.25) is 4.79 Å². The van der Waals surface area contributed by atoms with Crippen LogP contribution in [0.3, 0.4) is 0 Å². The first-order chi connectivity index (χ1) is 8.52. The van der Waals surface area contributed by atoms with E-state index in [1.165, 1.54) is 11.1 Å². The molecule has 1 saturated heterocycles. The molecule has 1 aromatic carbocycles. The maximum atomic E-state index is 12.0.